The number of hydrogen-bond acceptors (Lipinski definition) is 5. The van der Waals surface area contributed by atoms with Gasteiger partial charge in [-0.25, -0.2) is 9.59 Å². The number of ether oxygens (including phenoxy) is 2. The minimum atomic E-state index is -1.25. The molecule has 0 aliphatic heterocycles. The second-order valence-corrected chi connectivity index (χ2v) is 6.83. The molecule has 0 aliphatic rings. The predicted molar refractivity (Wildman–Crippen MR) is 99.8 cm³/mol. The van der Waals surface area contributed by atoms with Crippen LogP contribution >= 0.6 is 0 Å². The first-order valence-electron chi connectivity index (χ1n) is 10.0. The molecule has 0 heterocycles. The molecule has 0 aliphatic carbocycles. The van der Waals surface area contributed by atoms with Crippen molar-refractivity contribution in [2.24, 2.45) is 0 Å². The third-order valence-corrected chi connectivity index (χ3v) is 4.27. The maximum absolute atomic E-state index is 11.7. The van der Waals surface area contributed by atoms with Gasteiger partial charge in [-0.1, -0.05) is 71.1 Å². The molecular formula is C20H36O6. The molecule has 2 unspecified atom stereocenters. The van der Waals surface area contributed by atoms with E-state index >= 15 is 0 Å². The van der Waals surface area contributed by atoms with Crippen molar-refractivity contribution in [3.8, 4) is 0 Å². The van der Waals surface area contributed by atoms with E-state index in [1.807, 2.05) is 0 Å². The SMILES string of the molecule is CCCCCCCCCCCCCC(=O)OC(C)C(=O)OC(C)C(=O)O. The van der Waals surface area contributed by atoms with Crippen LogP contribution in [0.4, 0.5) is 0 Å². The fourth-order valence-electron chi connectivity index (χ4n) is 2.56. The molecule has 0 rings (SSSR count). The summed E-state index contributed by atoms with van der Waals surface area (Å²) in [6.07, 6.45) is 11.1. The fourth-order valence-corrected chi connectivity index (χ4v) is 2.56. The van der Waals surface area contributed by atoms with Crippen molar-refractivity contribution in [1.29, 1.82) is 0 Å². The lowest BCUT2D eigenvalue weighted by Crippen LogP contribution is -2.32. The number of esters is 2. The van der Waals surface area contributed by atoms with Crippen LogP contribution in [0.15, 0.2) is 0 Å². The Bertz CT molecular complexity index is 407. The predicted octanol–water partition coefficient (Wildman–Crippen LogP) is 4.64. The number of carboxylic acid groups (broad SMARTS) is 1. The molecule has 0 aromatic heterocycles. The topological polar surface area (TPSA) is 89.9 Å². The highest BCUT2D eigenvalue weighted by molar-refractivity contribution is 5.82. The maximum atomic E-state index is 11.7. The molecule has 26 heavy (non-hydrogen) atoms. The number of hydrogen-bond donors (Lipinski definition) is 1. The third kappa shape index (κ3) is 13.7. The van der Waals surface area contributed by atoms with Crippen molar-refractivity contribution >= 4 is 17.9 Å². The Morgan fingerprint density at radius 2 is 1.19 bits per heavy atom. The van der Waals surface area contributed by atoms with Crippen LogP contribution in [0.1, 0.15) is 97.8 Å². The van der Waals surface area contributed by atoms with Gasteiger partial charge in [-0.05, 0) is 20.3 Å². The second-order valence-electron chi connectivity index (χ2n) is 6.83. The zero-order valence-electron chi connectivity index (χ0n) is 16.6. The van der Waals surface area contributed by atoms with Crippen molar-refractivity contribution in [3.05, 3.63) is 0 Å². The van der Waals surface area contributed by atoms with Crippen LogP contribution in [-0.4, -0.2) is 35.2 Å². The van der Waals surface area contributed by atoms with Gasteiger partial charge >= 0.3 is 17.9 Å². The fraction of sp³-hybridized carbons (Fsp3) is 0.850. The van der Waals surface area contributed by atoms with Gasteiger partial charge in [0.2, 0.25) is 0 Å². The Morgan fingerprint density at radius 1 is 0.731 bits per heavy atom. The van der Waals surface area contributed by atoms with E-state index in [0.717, 1.165) is 19.3 Å². The average Bonchev–Trinajstić information content (AvgIpc) is 2.59. The van der Waals surface area contributed by atoms with E-state index in [-0.39, 0.29) is 6.42 Å². The number of unbranched alkanes of at least 4 members (excludes halogenated alkanes) is 10. The molecular weight excluding hydrogens is 336 g/mol. The van der Waals surface area contributed by atoms with Crippen molar-refractivity contribution in [2.75, 3.05) is 0 Å². The normalized spacial score (nSPS) is 13.0. The maximum Gasteiger partial charge on any atom is 0.347 e. The first-order chi connectivity index (χ1) is 12.4. The highest BCUT2D eigenvalue weighted by Gasteiger charge is 2.23. The van der Waals surface area contributed by atoms with Crippen LogP contribution in [0.5, 0.6) is 0 Å². The summed E-state index contributed by atoms with van der Waals surface area (Å²) in [4.78, 5) is 33.9. The number of carboxylic acids is 1. The van der Waals surface area contributed by atoms with E-state index in [2.05, 4.69) is 11.7 Å². The smallest absolute Gasteiger partial charge is 0.347 e. The summed E-state index contributed by atoms with van der Waals surface area (Å²) >= 11 is 0. The van der Waals surface area contributed by atoms with Crippen LogP contribution in [-0.2, 0) is 23.9 Å². The summed E-state index contributed by atoms with van der Waals surface area (Å²) in [5.74, 6) is -2.53. The summed E-state index contributed by atoms with van der Waals surface area (Å²) in [7, 11) is 0. The van der Waals surface area contributed by atoms with Crippen molar-refractivity contribution in [2.45, 2.75) is 110 Å². The summed E-state index contributed by atoms with van der Waals surface area (Å²) in [5.41, 5.74) is 0. The Hall–Kier alpha value is -1.59. The molecule has 6 heteroatoms. The lowest BCUT2D eigenvalue weighted by atomic mass is 10.1. The molecule has 0 fully saturated rings. The van der Waals surface area contributed by atoms with E-state index in [0.29, 0.717) is 0 Å². The van der Waals surface area contributed by atoms with E-state index < -0.39 is 30.1 Å². The zero-order chi connectivity index (χ0) is 19.8. The quantitative estimate of drug-likeness (QED) is 0.314. The largest absolute Gasteiger partial charge is 0.479 e. The van der Waals surface area contributed by atoms with Gasteiger partial charge in [0.15, 0.2) is 12.2 Å². The first kappa shape index (κ1) is 24.4. The van der Waals surface area contributed by atoms with E-state index in [4.69, 9.17) is 9.84 Å². The van der Waals surface area contributed by atoms with Gasteiger partial charge in [0.25, 0.3) is 0 Å². The Kier molecular flexibility index (Phi) is 14.7. The van der Waals surface area contributed by atoms with Gasteiger partial charge in [0.05, 0.1) is 0 Å². The molecule has 2 atom stereocenters. The summed E-state index contributed by atoms with van der Waals surface area (Å²) < 4.78 is 9.65. The van der Waals surface area contributed by atoms with Gasteiger partial charge in [0.1, 0.15) is 0 Å². The van der Waals surface area contributed by atoms with E-state index in [1.54, 1.807) is 0 Å². The third-order valence-electron chi connectivity index (χ3n) is 4.27. The molecule has 0 saturated carbocycles. The highest BCUT2D eigenvalue weighted by atomic mass is 16.6. The van der Waals surface area contributed by atoms with Crippen molar-refractivity contribution < 1.29 is 29.0 Å². The standard InChI is InChI=1S/C20H36O6/c1-4-5-6-7-8-9-10-11-12-13-14-15-18(21)25-17(3)20(24)26-16(2)19(22)23/h16-17H,4-15H2,1-3H3,(H,22,23). The first-order valence-corrected chi connectivity index (χ1v) is 10.0. The van der Waals surface area contributed by atoms with Gasteiger partial charge in [-0.2, -0.15) is 0 Å². The lowest BCUT2D eigenvalue weighted by molar-refractivity contribution is -0.174. The Morgan fingerprint density at radius 3 is 1.65 bits per heavy atom. The number of carbonyl (C=O) groups is 3. The van der Waals surface area contributed by atoms with E-state index in [9.17, 15) is 14.4 Å². The number of carbonyl (C=O) groups excluding carboxylic acids is 2. The molecule has 0 amide bonds. The second kappa shape index (κ2) is 15.6. The minimum Gasteiger partial charge on any atom is -0.479 e. The highest BCUT2D eigenvalue weighted by Crippen LogP contribution is 2.12. The molecule has 1 N–H and O–H groups in total. The van der Waals surface area contributed by atoms with Gasteiger partial charge < -0.3 is 14.6 Å². The molecule has 0 spiro atoms. The molecule has 0 aromatic carbocycles. The molecule has 152 valence electrons. The molecule has 6 nitrogen and oxygen atoms in total. The van der Waals surface area contributed by atoms with Crippen LogP contribution in [0, 0.1) is 0 Å². The van der Waals surface area contributed by atoms with Gasteiger partial charge in [-0.3, -0.25) is 4.79 Å². The van der Waals surface area contributed by atoms with Crippen molar-refractivity contribution in [3.63, 3.8) is 0 Å². The molecule has 0 aromatic rings. The van der Waals surface area contributed by atoms with Crippen LogP contribution in [0.2, 0.25) is 0 Å². The van der Waals surface area contributed by atoms with Gasteiger partial charge in [-0.15, -0.1) is 0 Å². The zero-order valence-corrected chi connectivity index (χ0v) is 16.6. The minimum absolute atomic E-state index is 0.267. The van der Waals surface area contributed by atoms with Crippen LogP contribution in [0.25, 0.3) is 0 Å². The van der Waals surface area contributed by atoms with Crippen LogP contribution in [0.3, 0.4) is 0 Å². The molecule has 0 bridgehead atoms. The Labute approximate surface area is 157 Å². The molecule has 0 saturated heterocycles. The van der Waals surface area contributed by atoms with Gasteiger partial charge in [0, 0.05) is 6.42 Å². The monoisotopic (exact) mass is 372 g/mol. The lowest BCUT2D eigenvalue weighted by Gasteiger charge is -2.14. The van der Waals surface area contributed by atoms with Crippen LogP contribution < -0.4 is 0 Å². The van der Waals surface area contributed by atoms with Crippen molar-refractivity contribution in [1.82, 2.24) is 0 Å². The number of rotatable bonds is 16. The number of aliphatic carboxylic acids is 1. The average molecular weight is 373 g/mol. The Balaban J connectivity index is 3.59. The summed E-state index contributed by atoms with van der Waals surface area (Å²) in [6.45, 7) is 4.86. The van der Waals surface area contributed by atoms with E-state index in [1.165, 1.54) is 65.2 Å². The summed E-state index contributed by atoms with van der Waals surface area (Å²) in [6, 6.07) is 0. The summed E-state index contributed by atoms with van der Waals surface area (Å²) in [5, 5.41) is 8.68. The molecule has 0 radical (unpaired) electrons.